The van der Waals surface area contributed by atoms with Crippen molar-refractivity contribution in [3.63, 3.8) is 0 Å². The Labute approximate surface area is 106 Å². The fourth-order valence-corrected chi connectivity index (χ4v) is 1.77. The Hall–Kier alpha value is -0.870. The maximum absolute atomic E-state index is 12.4. The molecule has 0 aliphatic rings. The van der Waals surface area contributed by atoms with Crippen molar-refractivity contribution in [3.8, 4) is 0 Å². The van der Waals surface area contributed by atoms with Gasteiger partial charge >= 0.3 is 0 Å². The average Bonchev–Trinajstić information content (AvgIpc) is 2.26. The van der Waals surface area contributed by atoms with Crippen LogP contribution in [0.25, 0.3) is 0 Å². The number of halogens is 3. The molecule has 0 unspecified atom stereocenters. The van der Waals surface area contributed by atoms with E-state index in [-0.39, 0.29) is 6.54 Å². The molecule has 1 rings (SSSR count). The molecule has 1 aromatic carbocycles. The van der Waals surface area contributed by atoms with Crippen molar-refractivity contribution in [2.45, 2.75) is 19.9 Å². The Morgan fingerprint density at radius 2 is 2.12 bits per heavy atom. The molecule has 0 saturated carbocycles. The average molecular weight is 263 g/mol. The molecule has 0 aliphatic heterocycles. The zero-order valence-electron chi connectivity index (χ0n) is 10.0. The minimum Gasteiger partial charge on any atom is -0.369 e. The minimum absolute atomic E-state index is 0.292. The number of rotatable bonds is 6. The van der Waals surface area contributed by atoms with Crippen molar-refractivity contribution < 1.29 is 8.78 Å². The molecule has 0 heterocycles. The van der Waals surface area contributed by atoms with Gasteiger partial charge in [0.05, 0.1) is 6.54 Å². The molecule has 0 bridgehead atoms. The van der Waals surface area contributed by atoms with Gasteiger partial charge in [-0.3, -0.25) is 0 Å². The second-order valence-electron chi connectivity index (χ2n) is 3.82. The Bertz CT molecular complexity index is 358. The Morgan fingerprint density at radius 3 is 2.71 bits per heavy atom. The van der Waals surface area contributed by atoms with E-state index < -0.39 is 6.43 Å². The van der Waals surface area contributed by atoms with Gasteiger partial charge in [-0.15, -0.1) is 0 Å². The van der Waals surface area contributed by atoms with Gasteiger partial charge in [0.2, 0.25) is 0 Å². The van der Waals surface area contributed by atoms with E-state index in [2.05, 4.69) is 5.32 Å². The molecular formula is C12H17ClF2N2. The normalized spacial score (nSPS) is 10.9. The SMILES string of the molecule is CCNCc1ccc(Cl)cc1N(C)CC(F)F. The molecule has 17 heavy (non-hydrogen) atoms. The van der Waals surface area contributed by atoms with Crippen molar-refractivity contribution in [2.24, 2.45) is 0 Å². The van der Waals surface area contributed by atoms with Gasteiger partial charge < -0.3 is 10.2 Å². The first kappa shape index (κ1) is 14.2. The molecule has 96 valence electrons. The third kappa shape index (κ3) is 4.48. The van der Waals surface area contributed by atoms with Crippen LogP contribution in [0.3, 0.4) is 0 Å². The monoisotopic (exact) mass is 262 g/mol. The van der Waals surface area contributed by atoms with Crippen LogP contribution in [0.4, 0.5) is 14.5 Å². The fourth-order valence-electron chi connectivity index (χ4n) is 1.61. The van der Waals surface area contributed by atoms with Crippen LogP contribution >= 0.6 is 11.6 Å². The first-order chi connectivity index (χ1) is 8.04. The summed E-state index contributed by atoms with van der Waals surface area (Å²) in [6, 6.07) is 5.35. The standard InChI is InChI=1S/C12H17ClF2N2/c1-3-16-7-9-4-5-10(13)6-11(9)17(2)8-12(14)15/h4-6,12,16H,3,7-8H2,1-2H3. The third-order valence-electron chi connectivity index (χ3n) is 2.44. The number of benzene rings is 1. The van der Waals surface area contributed by atoms with Crippen LogP contribution in [0.1, 0.15) is 12.5 Å². The van der Waals surface area contributed by atoms with Crippen LogP contribution in [0.15, 0.2) is 18.2 Å². The zero-order chi connectivity index (χ0) is 12.8. The molecule has 0 fully saturated rings. The van der Waals surface area contributed by atoms with Crippen LogP contribution in [0.2, 0.25) is 5.02 Å². The number of anilines is 1. The van der Waals surface area contributed by atoms with Crippen molar-refractivity contribution >= 4 is 17.3 Å². The van der Waals surface area contributed by atoms with Gasteiger partial charge in [-0.2, -0.15) is 0 Å². The Kier molecular flexibility index (Phi) is 5.65. The van der Waals surface area contributed by atoms with Crippen LogP contribution in [-0.4, -0.2) is 26.6 Å². The number of nitrogens with one attached hydrogen (secondary N) is 1. The van der Waals surface area contributed by atoms with E-state index in [1.165, 1.54) is 4.90 Å². The molecule has 0 atom stereocenters. The highest BCUT2D eigenvalue weighted by molar-refractivity contribution is 6.30. The predicted octanol–water partition coefficient (Wildman–Crippen LogP) is 3.15. The summed E-state index contributed by atoms with van der Waals surface area (Å²) >= 11 is 5.90. The Morgan fingerprint density at radius 1 is 1.41 bits per heavy atom. The van der Waals surface area contributed by atoms with E-state index in [0.29, 0.717) is 11.6 Å². The van der Waals surface area contributed by atoms with Crippen molar-refractivity contribution in [1.29, 1.82) is 0 Å². The van der Waals surface area contributed by atoms with Gasteiger partial charge in [0.15, 0.2) is 0 Å². The van der Waals surface area contributed by atoms with E-state index in [9.17, 15) is 8.78 Å². The lowest BCUT2D eigenvalue weighted by atomic mass is 10.1. The van der Waals surface area contributed by atoms with Crippen LogP contribution in [0, 0.1) is 0 Å². The van der Waals surface area contributed by atoms with E-state index in [0.717, 1.165) is 17.8 Å². The summed E-state index contributed by atoms with van der Waals surface area (Å²) in [5.74, 6) is 0. The van der Waals surface area contributed by atoms with Crippen LogP contribution in [-0.2, 0) is 6.54 Å². The molecule has 0 amide bonds. The van der Waals surface area contributed by atoms with E-state index in [1.807, 2.05) is 13.0 Å². The first-order valence-electron chi connectivity index (χ1n) is 5.53. The van der Waals surface area contributed by atoms with E-state index in [4.69, 9.17) is 11.6 Å². The summed E-state index contributed by atoms with van der Waals surface area (Å²) in [6.07, 6.45) is -2.36. The van der Waals surface area contributed by atoms with Gasteiger partial charge in [-0.25, -0.2) is 8.78 Å². The maximum Gasteiger partial charge on any atom is 0.255 e. The molecule has 1 aromatic rings. The number of nitrogens with zero attached hydrogens (tertiary/aromatic N) is 1. The quantitative estimate of drug-likeness (QED) is 0.847. The summed E-state index contributed by atoms with van der Waals surface area (Å²) in [5.41, 5.74) is 1.72. The van der Waals surface area contributed by atoms with E-state index in [1.54, 1.807) is 19.2 Å². The third-order valence-corrected chi connectivity index (χ3v) is 2.67. The number of hydrogen-bond acceptors (Lipinski definition) is 2. The molecule has 0 spiro atoms. The molecular weight excluding hydrogens is 246 g/mol. The second kappa shape index (κ2) is 6.77. The van der Waals surface area contributed by atoms with Gasteiger partial charge in [0.1, 0.15) is 0 Å². The molecule has 0 aromatic heterocycles. The van der Waals surface area contributed by atoms with Gasteiger partial charge in [-0.1, -0.05) is 24.6 Å². The largest absolute Gasteiger partial charge is 0.369 e. The summed E-state index contributed by atoms with van der Waals surface area (Å²) in [6.45, 7) is 3.19. The highest BCUT2D eigenvalue weighted by atomic mass is 35.5. The molecule has 0 aliphatic carbocycles. The van der Waals surface area contributed by atoms with Gasteiger partial charge in [0.25, 0.3) is 6.43 Å². The molecule has 1 N–H and O–H groups in total. The minimum atomic E-state index is -2.36. The lowest BCUT2D eigenvalue weighted by molar-refractivity contribution is 0.156. The van der Waals surface area contributed by atoms with E-state index >= 15 is 0 Å². The maximum atomic E-state index is 12.4. The molecule has 5 heteroatoms. The number of hydrogen-bond donors (Lipinski definition) is 1. The van der Waals surface area contributed by atoms with Crippen molar-refractivity contribution in [3.05, 3.63) is 28.8 Å². The van der Waals surface area contributed by atoms with Crippen LogP contribution < -0.4 is 10.2 Å². The smallest absolute Gasteiger partial charge is 0.255 e. The summed E-state index contributed by atoms with van der Waals surface area (Å²) < 4.78 is 24.7. The van der Waals surface area contributed by atoms with Crippen molar-refractivity contribution in [2.75, 3.05) is 25.0 Å². The summed E-state index contributed by atoms with van der Waals surface area (Å²) in [7, 11) is 1.65. The first-order valence-corrected chi connectivity index (χ1v) is 5.90. The fraction of sp³-hybridized carbons (Fsp3) is 0.500. The zero-order valence-corrected chi connectivity index (χ0v) is 10.8. The molecule has 2 nitrogen and oxygen atoms in total. The summed E-state index contributed by atoms with van der Waals surface area (Å²) in [4.78, 5) is 1.53. The predicted molar refractivity (Wildman–Crippen MR) is 68.1 cm³/mol. The van der Waals surface area contributed by atoms with Gasteiger partial charge in [-0.05, 0) is 24.2 Å². The highest BCUT2D eigenvalue weighted by Gasteiger charge is 2.12. The van der Waals surface area contributed by atoms with Gasteiger partial charge in [0, 0.05) is 24.3 Å². The highest BCUT2D eigenvalue weighted by Crippen LogP contribution is 2.24. The molecule has 0 saturated heterocycles. The second-order valence-corrected chi connectivity index (χ2v) is 4.26. The molecule has 0 radical (unpaired) electrons. The lowest BCUT2D eigenvalue weighted by Crippen LogP contribution is -2.26. The van der Waals surface area contributed by atoms with Crippen LogP contribution in [0.5, 0.6) is 0 Å². The Balaban J connectivity index is 2.89. The summed E-state index contributed by atoms with van der Waals surface area (Å²) in [5, 5.41) is 3.73. The topological polar surface area (TPSA) is 15.3 Å². The number of alkyl halides is 2. The van der Waals surface area contributed by atoms with Crippen molar-refractivity contribution in [1.82, 2.24) is 5.32 Å². The lowest BCUT2D eigenvalue weighted by Gasteiger charge is -2.22.